The van der Waals surface area contributed by atoms with Crippen LogP contribution in [0.15, 0.2) is 10.6 Å². The van der Waals surface area contributed by atoms with Crippen molar-refractivity contribution in [3.63, 3.8) is 0 Å². The Bertz CT molecular complexity index is 722. The number of likely N-dealkylation sites (tertiary alicyclic amines) is 2. The number of carbonyl (C=O) groups excluding carboxylic acids is 1. The van der Waals surface area contributed by atoms with Crippen LogP contribution in [0, 0.1) is 11.8 Å². The summed E-state index contributed by atoms with van der Waals surface area (Å²) in [5.41, 5.74) is 5.82. The Kier molecular flexibility index (Phi) is 6.46. The number of rotatable bonds is 7. The van der Waals surface area contributed by atoms with Crippen LogP contribution < -0.4 is 5.73 Å². The number of piperidine rings is 1. The maximum atomic E-state index is 12.5. The maximum absolute atomic E-state index is 12.5. The number of β-lactam (4-membered cyclic amide) rings is 1. The van der Waals surface area contributed by atoms with E-state index in [9.17, 15) is 19.8 Å². The lowest BCUT2D eigenvalue weighted by atomic mass is 9.79. The van der Waals surface area contributed by atoms with Crippen molar-refractivity contribution in [1.29, 1.82) is 0 Å². The van der Waals surface area contributed by atoms with Gasteiger partial charge in [-0.15, -0.1) is 11.8 Å². The Balaban J connectivity index is 1.40. The van der Waals surface area contributed by atoms with Gasteiger partial charge < -0.3 is 25.7 Å². The number of hydrogen-bond acceptors (Lipinski definition) is 7. The van der Waals surface area contributed by atoms with Gasteiger partial charge in [-0.1, -0.05) is 6.92 Å². The number of fused-ring (bicyclic) bond motifs is 1. The highest BCUT2D eigenvalue weighted by molar-refractivity contribution is 8.03. The third-order valence-electron chi connectivity index (χ3n) is 7.30. The molecule has 4 rings (SSSR count). The van der Waals surface area contributed by atoms with Gasteiger partial charge in [-0.05, 0) is 45.8 Å². The van der Waals surface area contributed by atoms with Crippen molar-refractivity contribution >= 4 is 23.6 Å². The average Bonchev–Trinajstić information content (AvgIpc) is 3.25. The first-order chi connectivity index (χ1) is 14.3. The molecular weight excluding hydrogens is 404 g/mol. The Hall–Kier alpha value is -1.13. The molecule has 0 aromatic heterocycles. The van der Waals surface area contributed by atoms with Crippen molar-refractivity contribution in [2.75, 3.05) is 39.3 Å². The van der Waals surface area contributed by atoms with E-state index in [-0.39, 0.29) is 23.6 Å². The van der Waals surface area contributed by atoms with E-state index in [4.69, 9.17) is 5.73 Å². The predicted molar refractivity (Wildman–Crippen MR) is 116 cm³/mol. The molecule has 4 heterocycles. The monoisotopic (exact) mass is 438 g/mol. The summed E-state index contributed by atoms with van der Waals surface area (Å²) in [6.45, 7) is 9.51. The number of carbonyl (C=O) groups is 2. The SMILES string of the molecule is C[C@@H](O)[C@H]1C(=O)N2C(C(=O)O)=C(SC3CCN(C4CCN(CCN)CC4)C3)[C@H](C)[C@H]12. The molecule has 3 fully saturated rings. The smallest absolute Gasteiger partial charge is 0.353 e. The molecule has 0 saturated carbocycles. The Labute approximate surface area is 182 Å². The summed E-state index contributed by atoms with van der Waals surface area (Å²) < 4.78 is 0. The van der Waals surface area contributed by atoms with Crippen molar-refractivity contribution < 1.29 is 19.8 Å². The van der Waals surface area contributed by atoms with Gasteiger partial charge in [-0.2, -0.15) is 0 Å². The molecule has 3 saturated heterocycles. The van der Waals surface area contributed by atoms with Crippen LogP contribution in [0.5, 0.6) is 0 Å². The topological polar surface area (TPSA) is 110 Å². The third kappa shape index (κ3) is 3.79. The molecule has 0 bridgehead atoms. The zero-order valence-corrected chi connectivity index (χ0v) is 18.7. The molecule has 0 aromatic carbocycles. The molecule has 0 aromatic rings. The van der Waals surface area contributed by atoms with Crippen molar-refractivity contribution in [3.8, 4) is 0 Å². The summed E-state index contributed by atoms with van der Waals surface area (Å²) in [5.74, 6) is -1.84. The lowest BCUT2D eigenvalue weighted by Gasteiger charge is -2.46. The number of carboxylic acid groups (broad SMARTS) is 1. The molecule has 0 spiro atoms. The second-order valence-corrected chi connectivity index (χ2v) is 10.5. The van der Waals surface area contributed by atoms with E-state index in [1.165, 1.54) is 4.90 Å². The van der Waals surface area contributed by atoms with E-state index < -0.39 is 18.0 Å². The first-order valence-electron chi connectivity index (χ1n) is 11.1. The number of thioether (sulfide) groups is 1. The molecule has 8 nitrogen and oxygen atoms in total. The minimum Gasteiger partial charge on any atom is -0.477 e. The Morgan fingerprint density at radius 3 is 2.57 bits per heavy atom. The summed E-state index contributed by atoms with van der Waals surface area (Å²) in [6.07, 6.45) is 2.61. The van der Waals surface area contributed by atoms with Gasteiger partial charge in [0.15, 0.2) is 0 Å². The molecule has 4 aliphatic heterocycles. The molecule has 4 aliphatic rings. The third-order valence-corrected chi connectivity index (χ3v) is 8.84. The number of aliphatic carboxylic acids is 1. The van der Waals surface area contributed by atoms with Crippen LogP contribution >= 0.6 is 11.8 Å². The van der Waals surface area contributed by atoms with E-state index in [2.05, 4.69) is 9.80 Å². The van der Waals surface area contributed by atoms with Crippen LogP contribution in [0.4, 0.5) is 0 Å². The number of amides is 1. The molecule has 1 unspecified atom stereocenters. The molecule has 0 radical (unpaired) electrons. The summed E-state index contributed by atoms with van der Waals surface area (Å²) in [6, 6.07) is 0.371. The number of aliphatic hydroxyl groups excluding tert-OH is 1. The van der Waals surface area contributed by atoms with Crippen LogP contribution in [0.1, 0.15) is 33.1 Å². The summed E-state index contributed by atoms with van der Waals surface area (Å²) >= 11 is 1.65. The number of nitrogens with zero attached hydrogens (tertiary/aromatic N) is 3. The van der Waals surface area contributed by atoms with Gasteiger partial charge in [0.05, 0.1) is 18.1 Å². The summed E-state index contributed by atoms with van der Waals surface area (Å²) in [5, 5.41) is 20.2. The number of aliphatic hydroxyl groups is 1. The molecule has 4 N–H and O–H groups in total. The molecule has 9 heteroatoms. The molecule has 30 heavy (non-hydrogen) atoms. The van der Waals surface area contributed by atoms with Gasteiger partial charge in [0.2, 0.25) is 5.91 Å². The zero-order chi connectivity index (χ0) is 21.6. The first-order valence-corrected chi connectivity index (χ1v) is 12.0. The molecule has 0 aliphatic carbocycles. The van der Waals surface area contributed by atoms with E-state index in [0.717, 1.165) is 56.9 Å². The number of carboxylic acids is 1. The van der Waals surface area contributed by atoms with Gasteiger partial charge in [0, 0.05) is 41.7 Å². The fourth-order valence-electron chi connectivity index (χ4n) is 5.73. The van der Waals surface area contributed by atoms with Gasteiger partial charge in [-0.3, -0.25) is 9.69 Å². The normalized spacial score (nSPS) is 34.4. The van der Waals surface area contributed by atoms with Gasteiger partial charge >= 0.3 is 5.97 Å². The quantitative estimate of drug-likeness (QED) is 0.489. The Morgan fingerprint density at radius 2 is 1.97 bits per heavy atom. The zero-order valence-electron chi connectivity index (χ0n) is 17.9. The van der Waals surface area contributed by atoms with E-state index >= 15 is 0 Å². The van der Waals surface area contributed by atoms with Crippen molar-refractivity contribution in [1.82, 2.24) is 14.7 Å². The van der Waals surface area contributed by atoms with Crippen LogP contribution in [0.2, 0.25) is 0 Å². The second-order valence-electron chi connectivity index (χ2n) is 9.16. The highest BCUT2D eigenvalue weighted by Gasteiger charge is 2.60. The van der Waals surface area contributed by atoms with Gasteiger partial charge in [-0.25, -0.2) is 4.79 Å². The van der Waals surface area contributed by atoms with Gasteiger partial charge in [0.25, 0.3) is 0 Å². The first kappa shape index (κ1) is 22.1. The van der Waals surface area contributed by atoms with Crippen LogP contribution in [0.25, 0.3) is 0 Å². The van der Waals surface area contributed by atoms with E-state index in [1.807, 2.05) is 6.92 Å². The molecule has 5 atom stereocenters. The highest BCUT2D eigenvalue weighted by Crippen LogP contribution is 2.52. The van der Waals surface area contributed by atoms with E-state index in [1.54, 1.807) is 18.7 Å². The van der Waals surface area contributed by atoms with Crippen LogP contribution in [-0.2, 0) is 9.59 Å². The van der Waals surface area contributed by atoms with Gasteiger partial charge in [0.1, 0.15) is 5.70 Å². The van der Waals surface area contributed by atoms with Crippen molar-refractivity contribution in [3.05, 3.63) is 10.6 Å². The highest BCUT2D eigenvalue weighted by atomic mass is 32.2. The lowest BCUT2D eigenvalue weighted by Crippen LogP contribution is -2.63. The largest absolute Gasteiger partial charge is 0.477 e. The van der Waals surface area contributed by atoms with Crippen molar-refractivity contribution in [2.45, 2.75) is 56.5 Å². The van der Waals surface area contributed by atoms with E-state index in [0.29, 0.717) is 17.8 Å². The fraction of sp³-hybridized carbons (Fsp3) is 0.810. The summed E-state index contributed by atoms with van der Waals surface area (Å²) in [7, 11) is 0. The van der Waals surface area contributed by atoms with Crippen molar-refractivity contribution in [2.24, 2.45) is 17.6 Å². The second kappa shape index (κ2) is 8.78. The molecule has 1 amide bonds. The predicted octanol–water partition coefficient (Wildman–Crippen LogP) is 0.371. The standard InChI is InChI=1S/C21H34N4O4S/c1-12-17-16(13(2)26)20(27)25(17)18(21(28)29)19(12)30-15-5-9-24(11-15)14-3-7-23(8-4-14)10-6-22/h12-17,26H,3-11,22H2,1-2H3,(H,28,29)/t12-,13-,15?,16-,17-/m1/s1. The minimum absolute atomic E-state index is 0.0491. The molecule has 168 valence electrons. The van der Waals surface area contributed by atoms with Crippen LogP contribution in [0.3, 0.4) is 0 Å². The minimum atomic E-state index is -1.04. The van der Waals surface area contributed by atoms with Crippen LogP contribution in [-0.4, -0.2) is 99.5 Å². The Morgan fingerprint density at radius 1 is 1.27 bits per heavy atom. The molecular formula is C21H34N4O4S. The number of hydrogen-bond donors (Lipinski definition) is 3. The average molecular weight is 439 g/mol. The maximum Gasteiger partial charge on any atom is 0.353 e. The lowest BCUT2D eigenvalue weighted by molar-refractivity contribution is -0.163. The number of nitrogens with two attached hydrogens (primary N) is 1. The summed E-state index contributed by atoms with van der Waals surface area (Å²) in [4.78, 5) is 31.7. The fourth-order valence-corrected chi connectivity index (χ4v) is 7.23.